The largest absolute Gasteiger partial charge is 0.492 e. The first-order valence-corrected chi connectivity index (χ1v) is 6.87. The Balaban J connectivity index is 1.91. The Morgan fingerprint density at radius 3 is 3.15 bits per heavy atom. The topological polar surface area (TPSA) is 56.8 Å². The molecule has 0 radical (unpaired) electrons. The summed E-state index contributed by atoms with van der Waals surface area (Å²) in [6.07, 6.45) is 0.719. The maximum absolute atomic E-state index is 11.8. The molecule has 1 atom stereocenters. The summed E-state index contributed by atoms with van der Waals surface area (Å²) in [6.45, 7) is 1.44. The van der Waals surface area contributed by atoms with Crippen LogP contribution in [0.3, 0.4) is 0 Å². The first-order valence-electron chi connectivity index (χ1n) is 6.49. The van der Waals surface area contributed by atoms with Gasteiger partial charge in [0, 0.05) is 19.1 Å². The van der Waals surface area contributed by atoms with Gasteiger partial charge in [0.15, 0.2) is 0 Å². The van der Waals surface area contributed by atoms with Gasteiger partial charge >= 0.3 is 0 Å². The van der Waals surface area contributed by atoms with E-state index < -0.39 is 0 Å². The summed E-state index contributed by atoms with van der Waals surface area (Å²) in [7, 11) is 1.59. The molecule has 5 nitrogen and oxygen atoms in total. The van der Waals surface area contributed by atoms with Crippen LogP contribution in [-0.2, 0) is 14.3 Å². The molecule has 1 heterocycles. The van der Waals surface area contributed by atoms with Crippen molar-refractivity contribution in [1.29, 1.82) is 0 Å². The summed E-state index contributed by atoms with van der Waals surface area (Å²) in [5.41, 5.74) is 0.911. The maximum atomic E-state index is 11.8. The van der Waals surface area contributed by atoms with Gasteiger partial charge in [-0.25, -0.2) is 0 Å². The monoisotopic (exact) mass is 299 g/mol. The minimum Gasteiger partial charge on any atom is -0.492 e. The van der Waals surface area contributed by atoms with E-state index in [1.165, 1.54) is 0 Å². The zero-order chi connectivity index (χ0) is 14.4. The van der Waals surface area contributed by atoms with E-state index in [0.29, 0.717) is 30.6 Å². The highest BCUT2D eigenvalue weighted by Crippen LogP contribution is 2.37. The van der Waals surface area contributed by atoms with Crippen LogP contribution in [0, 0.1) is 0 Å². The van der Waals surface area contributed by atoms with E-state index in [9.17, 15) is 4.79 Å². The average Bonchev–Trinajstić information content (AvgIpc) is 2.45. The number of halogens is 1. The van der Waals surface area contributed by atoms with Crippen LogP contribution in [-0.4, -0.2) is 39.4 Å². The molecule has 0 fully saturated rings. The molecule has 1 N–H and O–H groups in total. The van der Waals surface area contributed by atoms with Crippen molar-refractivity contribution in [3.8, 4) is 5.75 Å². The number of hydrogen-bond donors (Lipinski definition) is 1. The fourth-order valence-corrected chi connectivity index (χ4v) is 2.32. The number of carbonyl (C=O) groups is 1. The lowest BCUT2D eigenvalue weighted by Crippen LogP contribution is -2.34. The van der Waals surface area contributed by atoms with Crippen molar-refractivity contribution in [1.82, 2.24) is 5.32 Å². The Morgan fingerprint density at radius 2 is 2.35 bits per heavy atom. The highest BCUT2D eigenvalue weighted by molar-refractivity contribution is 6.32. The Morgan fingerprint density at radius 1 is 1.50 bits per heavy atom. The predicted octanol–water partition coefficient (Wildman–Crippen LogP) is 1.94. The molecule has 0 bridgehead atoms. The van der Waals surface area contributed by atoms with Crippen LogP contribution in [0.5, 0.6) is 5.75 Å². The highest BCUT2D eigenvalue weighted by Gasteiger charge is 2.24. The van der Waals surface area contributed by atoms with Gasteiger partial charge in [0.05, 0.1) is 30.9 Å². The van der Waals surface area contributed by atoms with Crippen molar-refractivity contribution in [3.05, 3.63) is 28.8 Å². The van der Waals surface area contributed by atoms with Crippen molar-refractivity contribution < 1.29 is 19.0 Å². The molecule has 110 valence electrons. The van der Waals surface area contributed by atoms with E-state index in [2.05, 4.69) is 5.32 Å². The quantitative estimate of drug-likeness (QED) is 0.816. The number of para-hydroxylation sites is 1. The third-order valence-corrected chi connectivity index (χ3v) is 3.32. The van der Waals surface area contributed by atoms with Gasteiger partial charge in [-0.15, -0.1) is 0 Å². The molecule has 1 amide bonds. The Labute approximate surface area is 123 Å². The molecule has 1 aromatic carbocycles. The van der Waals surface area contributed by atoms with Crippen molar-refractivity contribution in [2.45, 2.75) is 12.5 Å². The first kappa shape index (κ1) is 15.1. The van der Waals surface area contributed by atoms with E-state index in [-0.39, 0.29) is 18.6 Å². The second kappa shape index (κ2) is 7.47. The summed E-state index contributed by atoms with van der Waals surface area (Å²) < 4.78 is 15.6. The van der Waals surface area contributed by atoms with Crippen molar-refractivity contribution in [2.24, 2.45) is 0 Å². The minimum absolute atomic E-state index is 0.0244. The van der Waals surface area contributed by atoms with E-state index in [4.69, 9.17) is 25.8 Å². The lowest BCUT2D eigenvalue weighted by Gasteiger charge is -2.27. The van der Waals surface area contributed by atoms with Gasteiger partial charge in [0.25, 0.3) is 0 Å². The number of carbonyl (C=O) groups excluding carboxylic acids is 1. The average molecular weight is 300 g/mol. The van der Waals surface area contributed by atoms with Crippen LogP contribution < -0.4 is 10.1 Å². The van der Waals surface area contributed by atoms with Gasteiger partial charge in [0.1, 0.15) is 12.4 Å². The van der Waals surface area contributed by atoms with Gasteiger partial charge < -0.3 is 19.5 Å². The molecule has 0 saturated heterocycles. The molecule has 1 aliphatic rings. The smallest absolute Gasteiger partial charge is 0.246 e. The van der Waals surface area contributed by atoms with E-state index in [1.807, 2.05) is 12.1 Å². The molecule has 0 spiro atoms. The zero-order valence-corrected chi connectivity index (χ0v) is 12.1. The number of amides is 1. The zero-order valence-electron chi connectivity index (χ0n) is 11.4. The minimum atomic E-state index is -0.154. The van der Waals surface area contributed by atoms with Crippen LogP contribution in [0.1, 0.15) is 18.0 Å². The second-order valence-electron chi connectivity index (χ2n) is 4.46. The van der Waals surface area contributed by atoms with Crippen LogP contribution in [0.25, 0.3) is 0 Å². The molecule has 20 heavy (non-hydrogen) atoms. The molecule has 2 rings (SSSR count). The SMILES string of the molecule is COCCOCC(=O)N[C@@H]1CCOc2c(Cl)cccc21. The van der Waals surface area contributed by atoms with Crippen LogP contribution in [0.2, 0.25) is 5.02 Å². The number of benzene rings is 1. The number of methoxy groups -OCH3 is 1. The normalized spacial score (nSPS) is 17.2. The lowest BCUT2D eigenvalue weighted by molar-refractivity contribution is -0.127. The van der Waals surface area contributed by atoms with Gasteiger partial charge in [-0.1, -0.05) is 23.7 Å². The molecule has 0 aliphatic carbocycles. The van der Waals surface area contributed by atoms with Crippen molar-refractivity contribution in [3.63, 3.8) is 0 Å². The van der Waals surface area contributed by atoms with Gasteiger partial charge in [0.2, 0.25) is 5.91 Å². The molecule has 6 heteroatoms. The summed E-state index contributed by atoms with van der Waals surface area (Å²) in [5, 5.41) is 3.50. The van der Waals surface area contributed by atoms with Crippen LogP contribution in [0.15, 0.2) is 18.2 Å². The third kappa shape index (κ3) is 3.85. The van der Waals surface area contributed by atoms with Crippen LogP contribution >= 0.6 is 11.6 Å². The molecule has 0 saturated carbocycles. The summed E-state index contributed by atoms with van der Waals surface area (Å²) in [4.78, 5) is 11.8. The Hall–Kier alpha value is -1.30. The molecule has 0 aromatic heterocycles. The van der Waals surface area contributed by atoms with Gasteiger partial charge in [-0.05, 0) is 6.07 Å². The molecule has 1 aromatic rings. The Bertz CT molecular complexity index is 466. The molecule has 0 unspecified atom stereocenters. The molecular weight excluding hydrogens is 282 g/mol. The Kier molecular flexibility index (Phi) is 5.64. The molecule has 1 aliphatic heterocycles. The number of hydrogen-bond acceptors (Lipinski definition) is 4. The standard InChI is InChI=1S/C14H18ClNO4/c1-18-7-8-19-9-13(17)16-12-5-6-20-14-10(12)3-2-4-11(14)15/h2-4,12H,5-9H2,1H3,(H,16,17)/t12-/m1/s1. The third-order valence-electron chi connectivity index (χ3n) is 3.03. The highest BCUT2D eigenvalue weighted by atomic mass is 35.5. The van der Waals surface area contributed by atoms with E-state index in [1.54, 1.807) is 13.2 Å². The second-order valence-corrected chi connectivity index (χ2v) is 4.87. The van der Waals surface area contributed by atoms with Gasteiger partial charge in [-0.3, -0.25) is 4.79 Å². The maximum Gasteiger partial charge on any atom is 0.246 e. The fourth-order valence-electron chi connectivity index (χ4n) is 2.08. The number of fused-ring (bicyclic) bond motifs is 1. The van der Waals surface area contributed by atoms with Crippen molar-refractivity contribution in [2.75, 3.05) is 33.5 Å². The van der Waals surface area contributed by atoms with Gasteiger partial charge in [-0.2, -0.15) is 0 Å². The molecular formula is C14H18ClNO4. The summed E-state index contributed by atoms with van der Waals surface area (Å²) in [6, 6.07) is 5.45. The summed E-state index contributed by atoms with van der Waals surface area (Å²) in [5.74, 6) is 0.505. The van der Waals surface area contributed by atoms with Crippen LogP contribution in [0.4, 0.5) is 0 Å². The first-order chi connectivity index (χ1) is 9.72. The van der Waals surface area contributed by atoms with E-state index in [0.717, 1.165) is 12.0 Å². The predicted molar refractivity (Wildman–Crippen MR) is 75.1 cm³/mol. The lowest BCUT2D eigenvalue weighted by atomic mass is 10.0. The number of ether oxygens (including phenoxy) is 3. The fraction of sp³-hybridized carbons (Fsp3) is 0.500. The summed E-state index contributed by atoms with van der Waals surface area (Å²) >= 11 is 6.09. The van der Waals surface area contributed by atoms with E-state index >= 15 is 0 Å². The van der Waals surface area contributed by atoms with Crippen molar-refractivity contribution >= 4 is 17.5 Å². The number of nitrogens with one attached hydrogen (secondary N) is 1. The number of rotatable bonds is 6.